The quantitative estimate of drug-likeness (QED) is 0.899. The molecular formula is C14H16BrN3. The van der Waals surface area contributed by atoms with Gasteiger partial charge >= 0.3 is 0 Å². The minimum atomic E-state index is 0.752. The van der Waals surface area contributed by atoms with Crippen LogP contribution in [0, 0.1) is 6.92 Å². The van der Waals surface area contributed by atoms with Crippen LogP contribution in [0.2, 0.25) is 0 Å². The number of nitrogen functional groups attached to an aromatic ring is 1. The summed E-state index contributed by atoms with van der Waals surface area (Å²) in [5.74, 6) is 0.773. The van der Waals surface area contributed by atoms with Crippen LogP contribution in [-0.2, 0) is 6.42 Å². The van der Waals surface area contributed by atoms with E-state index in [0.29, 0.717) is 0 Å². The first-order chi connectivity index (χ1) is 8.60. The van der Waals surface area contributed by atoms with Gasteiger partial charge in [-0.1, -0.05) is 22.9 Å². The summed E-state index contributed by atoms with van der Waals surface area (Å²) in [6, 6.07) is 8.02. The summed E-state index contributed by atoms with van der Waals surface area (Å²) in [7, 11) is 0. The molecule has 0 saturated carbocycles. The Hall–Kier alpha value is -1.55. The molecule has 0 fully saturated rings. The van der Waals surface area contributed by atoms with Gasteiger partial charge in [0.25, 0.3) is 0 Å². The van der Waals surface area contributed by atoms with Crippen LogP contribution in [0.5, 0.6) is 0 Å². The number of hydrogen-bond acceptors (Lipinski definition) is 3. The van der Waals surface area contributed by atoms with E-state index in [4.69, 9.17) is 5.73 Å². The highest BCUT2D eigenvalue weighted by molar-refractivity contribution is 9.10. The predicted molar refractivity (Wildman–Crippen MR) is 80.2 cm³/mol. The number of benzene rings is 1. The lowest BCUT2D eigenvalue weighted by molar-refractivity contribution is 1.13. The molecule has 0 aliphatic heterocycles. The third kappa shape index (κ3) is 2.82. The number of nitrogens with zero attached hydrogens (tertiary/aromatic N) is 1. The number of hydrogen-bond donors (Lipinski definition) is 2. The largest absolute Gasteiger partial charge is 0.398 e. The van der Waals surface area contributed by atoms with Crippen molar-refractivity contribution in [2.45, 2.75) is 20.3 Å². The Kier molecular flexibility index (Phi) is 3.87. The van der Waals surface area contributed by atoms with E-state index >= 15 is 0 Å². The zero-order valence-electron chi connectivity index (χ0n) is 10.5. The highest BCUT2D eigenvalue weighted by Gasteiger charge is 2.04. The van der Waals surface area contributed by atoms with Gasteiger partial charge in [-0.25, -0.2) is 4.98 Å². The van der Waals surface area contributed by atoms with Crippen LogP contribution in [0.25, 0.3) is 0 Å². The molecule has 0 atom stereocenters. The summed E-state index contributed by atoms with van der Waals surface area (Å²) in [4.78, 5) is 4.33. The molecule has 0 spiro atoms. The fraction of sp³-hybridized carbons (Fsp3) is 0.214. The average Bonchev–Trinajstić information content (AvgIpc) is 2.36. The van der Waals surface area contributed by atoms with Crippen LogP contribution in [0.3, 0.4) is 0 Å². The van der Waals surface area contributed by atoms with E-state index in [1.807, 2.05) is 25.1 Å². The van der Waals surface area contributed by atoms with Gasteiger partial charge in [0.2, 0.25) is 0 Å². The zero-order chi connectivity index (χ0) is 13.1. The summed E-state index contributed by atoms with van der Waals surface area (Å²) in [5, 5.41) is 3.31. The van der Waals surface area contributed by atoms with E-state index in [1.54, 1.807) is 6.20 Å². The predicted octanol–water partition coefficient (Wildman–Crippen LogP) is 4.04. The van der Waals surface area contributed by atoms with Crippen molar-refractivity contribution >= 4 is 33.1 Å². The van der Waals surface area contributed by atoms with Gasteiger partial charge in [-0.15, -0.1) is 0 Å². The Morgan fingerprint density at radius 2 is 2.11 bits per heavy atom. The van der Waals surface area contributed by atoms with Crippen molar-refractivity contribution in [2.24, 2.45) is 0 Å². The summed E-state index contributed by atoms with van der Waals surface area (Å²) in [5.41, 5.74) is 9.93. The van der Waals surface area contributed by atoms with Gasteiger partial charge in [-0.3, -0.25) is 0 Å². The topological polar surface area (TPSA) is 50.9 Å². The van der Waals surface area contributed by atoms with E-state index in [1.165, 1.54) is 5.56 Å². The number of anilines is 3. The first kappa shape index (κ1) is 12.9. The standard InChI is InChI=1S/C14H16BrN3/c1-3-10-6-11(15)4-5-13(10)18-14-7-12(16)9(2)8-17-14/h4-8H,3H2,1-2H3,(H3,16,17,18). The fourth-order valence-corrected chi connectivity index (χ4v) is 2.13. The van der Waals surface area contributed by atoms with Crippen molar-refractivity contribution in [3.05, 3.63) is 46.1 Å². The average molecular weight is 306 g/mol. The van der Waals surface area contributed by atoms with Gasteiger partial charge < -0.3 is 11.1 Å². The number of halogens is 1. The molecule has 1 aromatic carbocycles. The maximum Gasteiger partial charge on any atom is 0.132 e. The van der Waals surface area contributed by atoms with E-state index in [0.717, 1.165) is 33.6 Å². The molecule has 1 heterocycles. The van der Waals surface area contributed by atoms with Gasteiger partial charge in [0, 0.05) is 28.1 Å². The Balaban J connectivity index is 2.30. The molecule has 0 radical (unpaired) electrons. The summed E-state index contributed by atoms with van der Waals surface area (Å²) in [6.07, 6.45) is 2.74. The van der Waals surface area contributed by atoms with Crippen LogP contribution in [-0.4, -0.2) is 4.98 Å². The molecule has 3 N–H and O–H groups in total. The SMILES string of the molecule is CCc1cc(Br)ccc1Nc1cc(N)c(C)cn1. The van der Waals surface area contributed by atoms with E-state index in [2.05, 4.69) is 39.2 Å². The Labute approximate surface area is 116 Å². The van der Waals surface area contributed by atoms with Crippen LogP contribution in [0.4, 0.5) is 17.2 Å². The van der Waals surface area contributed by atoms with Gasteiger partial charge in [-0.05, 0) is 42.7 Å². The molecule has 4 heteroatoms. The van der Waals surface area contributed by atoms with Crippen molar-refractivity contribution < 1.29 is 0 Å². The highest BCUT2D eigenvalue weighted by Crippen LogP contribution is 2.25. The molecule has 0 amide bonds. The van der Waals surface area contributed by atoms with Crippen molar-refractivity contribution in [2.75, 3.05) is 11.1 Å². The second kappa shape index (κ2) is 5.40. The zero-order valence-corrected chi connectivity index (χ0v) is 12.1. The molecule has 94 valence electrons. The van der Waals surface area contributed by atoms with Crippen molar-refractivity contribution in [1.29, 1.82) is 0 Å². The van der Waals surface area contributed by atoms with Gasteiger partial charge in [0.05, 0.1) is 0 Å². The number of nitrogens with one attached hydrogen (secondary N) is 1. The molecule has 0 aliphatic rings. The maximum absolute atomic E-state index is 5.88. The molecular weight excluding hydrogens is 290 g/mol. The summed E-state index contributed by atoms with van der Waals surface area (Å²) in [6.45, 7) is 4.08. The Morgan fingerprint density at radius 1 is 1.33 bits per heavy atom. The van der Waals surface area contributed by atoms with Crippen molar-refractivity contribution in [3.8, 4) is 0 Å². The monoisotopic (exact) mass is 305 g/mol. The van der Waals surface area contributed by atoms with E-state index in [9.17, 15) is 0 Å². The van der Waals surface area contributed by atoms with Crippen molar-refractivity contribution in [1.82, 2.24) is 4.98 Å². The number of nitrogens with two attached hydrogens (primary N) is 1. The molecule has 2 rings (SSSR count). The molecule has 18 heavy (non-hydrogen) atoms. The Morgan fingerprint density at radius 3 is 2.78 bits per heavy atom. The smallest absolute Gasteiger partial charge is 0.132 e. The number of rotatable bonds is 3. The van der Waals surface area contributed by atoms with Gasteiger partial charge in [0.15, 0.2) is 0 Å². The van der Waals surface area contributed by atoms with Crippen LogP contribution in [0.1, 0.15) is 18.1 Å². The highest BCUT2D eigenvalue weighted by atomic mass is 79.9. The van der Waals surface area contributed by atoms with E-state index in [-0.39, 0.29) is 0 Å². The fourth-order valence-electron chi connectivity index (χ4n) is 1.72. The van der Waals surface area contributed by atoms with E-state index < -0.39 is 0 Å². The second-order valence-electron chi connectivity index (χ2n) is 4.21. The van der Waals surface area contributed by atoms with Crippen LogP contribution < -0.4 is 11.1 Å². The number of pyridine rings is 1. The third-order valence-corrected chi connectivity index (χ3v) is 3.35. The van der Waals surface area contributed by atoms with Crippen LogP contribution >= 0.6 is 15.9 Å². The molecule has 0 bridgehead atoms. The second-order valence-corrected chi connectivity index (χ2v) is 5.12. The first-order valence-corrected chi connectivity index (χ1v) is 6.67. The summed E-state index contributed by atoms with van der Waals surface area (Å²) >= 11 is 3.48. The lowest BCUT2D eigenvalue weighted by atomic mass is 10.1. The minimum absolute atomic E-state index is 0.752. The lowest BCUT2D eigenvalue weighted by Gasteiger charge is -2.11. The number of aromatic nitrogens is 1. The molecule has 0 saturated heterocycles. The molecule has 1 aromatic heterocycles. The van der Waals surface area contributed by atoms with Gasteiger partial charge in [0.1, 0.15) is 5.82 Å². The first-order valence-electron chi connectivity index (χ1n) is 5.87. The molecule has 0 aliphatic carbocycles. The molecule has 3 nitrogen and oxygen atoms in total. The normalized spacial score (nSPS) is 10.4. The third-order valence-electron chi connectivity index (χ3n) is 2.86. The maximum atomic E-state index is 5.88. The van der Waals surface area contributed by atoms with Gasteiger partial charge in [-0.2, -0.15) is 0 Å². The van der Waals surface area contributed by atoms with Crippen molar-refractivity contribution in [3.63, 3.8) is 0 Å². The van der Waals surface area contributed by atoms with Crippen LogP contribution in [0.15, 0.2) is 34.9 Å². The summed E-state index contributed by atoms with van der Waals surface area (Å²) < 4.78 is 1.08. The number of aryl methyl sites for hydroxylation is 2. The Bertz CT molecular complexity index is 567. The minimum Gasteiger partial charge on any atom is -0.398 e. The molecule has 2 aromatic rings. The lowest BCUT2D eigenvalue weighted by Crippen LogP contribution is -1.99. The molecule has 0 unspecified atom stereocenters.